The number of anilines is 1. The van der Waals surface area contributed by atoms with Gasteiger partial charge >= 0.3 is 0 Å². The molecule has 0 unspecified atom stereocenters. The third kappa shape index (κ3) is 3.06. The number of aromatic nitrogens is 2. The van der Waals surface area contributed by atoms with Gasteiger partial charge in [0.15, 0.2) is 20.3 Å². The monoisotopic (exact) mass is 439 g/mol. The fraction of sp³-hybridized carbons (Fsp3) is 0.125. The predicted molar refractivity (Wildman–Crippen MR) is 94.2 cm³/mol. The molecule has 0 atom stereocenters. The first kappa shape index (κ1) is 17.0. The fourth-order valence-corrected chi connectivity index (χ4v) is 4.55. The van der Waals surface area contributed by atoms with Crippen LogP contribution in [0.3, 0.4) is 0 Å². The summed E-state index contributed by atoms with van der Waals surface area (Å²) in [5.41, 5.74) is 1.28. The lowest BCUT2D eigenvalue weighted by atomic mass is 10.2. The third-order valence-electron chi connectivity index (χ3n) is 3.89. The van der Waals surface area contributed by atoms with E-state index in [1.54, 1.807) is 6.07 Å². The molecule has 0 radical (unpaired) electrons. The number of sulfone groups is 1. The molecule has 0 saturated heterocycles. The standard InChI is InChI=1S/C16H11BrFN3O4S/c17-14-6-5-13(25-14)16(22)19-15-11-7-26(23,24)8-12(11)20-21(15)10-3-1-9(18)2-4-10/h1-6H,7-8H2,(H,19,22). The molecule has 1 amide bonds. The van der Waals surface area contributed by atoms with Gasteiger partial charge < -0.3 is 9.73 Å². The number of fused-ring (bicyclic) bond motifs is 1. The zero-order valence-corrected chi connectivity index (χ0v) is 15.5. The van der Waals surface area contributed by atoms with Crippen molar-refractivity contribution in [2.75, 3.05) is 5.32 Å². The number of amides is 1. The van der Waals surface area contributed by atoms with Gasteiger partial charge in [0.25, 0.3) is 5.91 Å². The van der Waals surface area contributed by atoms with Crippen LogP contribution in [0.5, 0.6) is 0 Å². The molecule has 0 fully saturated rings. The molecule has 3 aromatic rings. The van der Waals surface area contributed by atoms with Crippen LogP contribution in [0.15, 0.2) is 45.5 Å². The molecule has 10 heteroatoms. The van der Waals surface area contributed by atoms with E-state index in [4.69, 9.17) is 4.42 Å². The van der Waals surface area contributed by atoms with Crippen LogP contribution >= 0.6 is 15.9 Å². The lowest BCUT2D eigenvalue weighted by molar-refractivity contribution is 0.0994. The Kier molecular flexibility index (Phi) is 3.96. The summed E-state index contributed by atoms with van der Waals surface area (Å²) in [6, 6.07) is 8.55. The van der Waals surface area contributed by atoms with Crippen LogP contribution in [0.4, 0.5) is 10.2 Å². The highest BCUT2D eigenvalue weighted by Crippen LogP contribution is 2.33. The van der Waals surface area contributed by atoms with E-state index in [1.807, 2.05) is 0 Å². The predicted octanol–water partition coefficient (Wildman–Crippen LogP) is 3.05. The molecule has 0 spiro atoms. The largest absolute Gasteiger partial charge is 0.444 e. The average Bonchev–Trinajstić information content (AvgIpc) is 3.22. The number of carbonyl (C=O) groups is 1. The van der Waals surface area contributed by atoms with Crippen LogP contribution in [0.25, 0.3) is 5.69 Å². The smallest absolute Gasteiger partial charge is 0.292 e. The van der Waals surface area contributed by atoms with Crippen molar-refractivity contribution in [2.45, 2.75) is 11.5 Å². The van der Waals surface area contributed by atoms with Crippen molar-refractivity contribution in [2.24, 2.45) is 0 Å². The lowest BCUT2D eigenvalue weighted by Crippen LogP contribution is -2.16. The number of benzene rings is 1. The van der Waals surface area contributed by atoms with E-state index >= 15 is 0 Å². The van der Waals surface area contributed by atoms with Gasteiger partial charge in [-0.05, 0) is 52.3 Å². The summed E-state index contributed by atoms with van der Waals surface area (Å²) in [6.07, 6.45) is 0. The Morgan fingerprint density at radius 2 is 1.92 bits per heavy atom. The normalized spacial score (nSPS) is 15.0. The number of hydrogen-bond acceptors (Lipinski definition) is 5. The summed E-state index contributed by atoms with van der Waals surface area (Å²) in [7, 11) is -3.30. The minimum Gasteiger partial charge on any atom is -0.444 e. The van der Waals surface area contributed by atoms with Crippen LogP contribution in [-0.4, -0.2) is 24.1 Å². The summed E-state index contributed by atoms with van der Waals surface area (Å²) >= 11 is 3.12. The molecule has 4 rings (SSSR count). The van der Waals surface area contributed by atoms with Crippen molar-refractivity contribution in [3.05, 3.63) is 63.9 Å². The Morgan fingerprint density at radius 3 is 2.58 bits per heavy atom. The number of halogens is 2. The number of nitrogens with zero attached hydrogens (tertiary/aromatic N) is 2. The van der Waals surface area contributed by atoms with Crippen molar-refractivity contribution < 1.29 is 22.0 Å². The first-order chi connectivity index (χ1) is 12.3. The second-order valence-corrected chi connectivity index (χ2v) is 8.60. The highest BCUT2D eigenvalue weighted by atomic mass is 79.9. The van der Waals surface area contributed by atoms with Gasteiger partial charge in [-0.3, -0.25) is 4.79 Å². The van der Waals surface area contributed by atoms with E-state index in [0.29, 0.717) is 21.6 Å². The quantitative estimate of drug-likeness (QED) is 0.676. The second-order valence-electron chi connectivity index (χ2n) is 5.75. The second kappa shape index (κ2) is 6.06. The van der Waals surface area contributed by atoms with Gasteiger partial charge in [0.05, 0.1) is 22.9 Å². The highest BCUT2D eigenvalue weighted by Gasteiger charge is 2.33. The molecule has 3 heterocycles. The lowest BCUT2D eigenvalue weighted by Gasteiger charge is -2.10. The molecule has 0 bridgehead atoms. The molecule has 0 saturated carbocycles. The van der Waals surface area contributed by atoms with Gasteiger partial charge in [-0.2, -0.15) is 5.10 Å². The molecule has 0 aliphatic carbocycles. The van der Waals surface area contributed by atoms with Crippen molar-refractivity contribution in [1.82, 2.24) is 9.78 Å². The zero-order chi connectivity index (χ0) is 18.5. The highest BCUT2D eigenvalue weighted by molar-refractivity contribution is 9.10. The summed E-state index contributed by atoms with van der Waals surface area (Å²) in [4.78, 5) is 12.4. The molecule has 26 heavy (non-hydrogen) atoms. The third-order valence-corrected chi connectivity index (χ3v) is 5.76. The molecular weight excluding hydrogens is 429 g/mol. The Balaban J connectivity index is 1.78. The van der Waals surface area contributed by atoms with Crippen molar-refractivity contribution in [1.29, 1.82) is 0 Å². The van der Waals surface area contributed by atoms with E-state index < -0.39 is 21.6 Å². The van der Waals surface area contributed by atoms with Gasteiger partial charge in [0.2, 0.25) is 0 Å². The number of carbonyl (C=O) groups excluding carboxylic acids is 1. The van der Waals surface area contributed by atoms with Crippen molar-refractivity contribution >= 4 is 37.5 Å². The SMILES string of the molecule is O=C(Nc1c2c(nn1-c1ccc(F)cc1)CS(=O)(=O)C2)c1ccc(Br)o1. The Labute approximate surface area is 155 Å². The van der Waals surface area contributed by atoms with Crippen LogP contribution < -0.4 is 5.32 Å². The van der Waals surface area contributed by atoms with Gasteiger partial charge in [-0.1, -0.05) is 0 Å². The molecule has 1 aliphatic rings. The Bertz CT molecular complexity index is 1120. The number of hydrogen-bond donors (Lipinski definition) is 1. The maximum absolute atomic E-state index is 13.2. The maximum Gasteiger partial charge on any atom is 0.292 e. The Hall–Kier alpha value is -2.46. The first-order valence-electron chi connectivity index (χ1n) is 7.46. The van der Waals surface area contributed by atoms with Gasteiger partial charge in [0, 0.05) is 5.56 Å². The minimum atomic E-state index is -3.30. The average molecular weight is 440 g/mol. The van der Waals surface area contributed by atoms with Crippen LogP contribution in [0.2, 0.25) is 0 Å². The van der Waals surface area contributed by atoms with Crippen LogP contribution in [0, 0.1) is 5.82 Å². The van der Waals surface area contributed by atoms with Crippen molar-refractivity contribution in [3.8, 4) is 5.69 Å². The van der Waals surface area contributed by atoms with E-state index in [2.05, 4.69) is 26.3 Å². The summed E-state index contributed by atoms with van der Waals surface area (Å²) in [6.45, 7) is 0. The molecule has 1 N–H and O–H groups in total. The molecule has 134 valence electrons. The Morgan fingerprint density at radius 1 is 1.19 bits per heavy atom. The van der Waals surface area contributed by atoms with Crippen molar-refractivity contribution in [3.63, 3.8) is 0 Å². The molecule has 7 nitrogen and oxygen atoms in total. The number of nitrogens with one attached hydrogen (secondary N) is 1. The summed E-state index contributed by atoms with van der Waals surface area (Å²) in [5.74, 6) is -1.11. The minimum absolute atomic E-state index is 0.0540. The topological polar surface area (TPSA) is 94.2 Å². The molecule has 1 aliphatic heterocycles. The fourth-order valence-electron chi connectivity index (χ4n) is 2.75. The van der Waals surface area contributed by atoms with E-state index in [1.165, 1.54) is 35.0 Å². The summed E-state index contributed by atoms with van der Waals surface area (Å²) < 4.78 is 44.0. The molecule has 2 aromatic heterocycles. The van der Waals surface area contributed by atoms with Gasteiger partial charge in [0.1, 0.15) is 11.6 Å². The molecular formula is C16H11BrFN3O4S. The zero-order valence-electron chi connectivity index (χ0n) is 13.1. The van der Waals surface area contributed by atoms with E-state index in [9.17, 15) is 17.6 Å². The van der Waals surface area contributed by atoms with Crippen LogP contribution in [-0.2, 0) is 21.3 Å². The van der Waals surface area contributed by atoms with Crippen LogP contribution in [0.1, 0.15) is 21.8 Å². The van der Waals surface area contributed by atoms with Gasteiger partial charge in [-0.25, -0.2) is 17.5 Å². The maximum atomic E-state index is 13.2. The van der Waals surface area contributed by atoms with E-state index in [0.717, 1.165) is 0 Å². The number of rotatable bonds is 3. The van der Waals surface area contributed by atoms with Gasteiger partial charge in [-0.15, -0.1) is 0 Å². The van der Waals surface area contributed by atoms with E-state index in [-0.39, 0.29) is 23.1 Å². The summed E-state index contributed by atoms with van der Waals surface area (Å²) in [5, 5.41) is 6.96. The molecule has 1 aromatic carbocycles. The first-order valence-corrected chi connectivity index (χ1v) is 10.1. The number of furan rings is 1.